The Morgan fingerprint density at radius 3 is 2.50 bits per heavy atom. The molecular formula is C27H37NO4. The molecule has 0 aromatic carbocycles. The van der Waals surface area contributed by atoms with Crippen molar-refractivity contribution in [3.8, 4) is 0 Å². The summed E-state index contributed by atoms with van der Waals surface area (Å²) in [7, 11) is 0. The number of hydrogen-bond acceptors (Lipinski definition) is 4. The highest BCUT2D eigenvalue weighted by Crippen LogP contribution is 2.09. The van der Waals surface area contributed by atoms with Crippen molar-refractivity contribution < 1.29 is 19.8 Å². The molecule has 0 aliphatic carbocycles. The number of rotatable bonds is 4. The van der Waals surface area contributed by atoms with Crippen LogP contribution >= 0.6 is 0 Å². The molecule has 5 heteroatoms. The summed E-state index contributed by atoms with van der Waals surface area (Å²) in [6, 6.07) is -0.0181. The second kappa shape index (κ2) is 16.0. The van der Waals surface area contributed by atoms with Crippen LogP contribution in [0.1, 0.15) is 46.5 Å². The molecule has 0 saturated carbocycles. The highest BCUT2D eigenvalue weighted by Gasteiger charge is 2.25. The summed E-state index contributed by atoms with van der Waals surface area (Å²) in [5.41, 5.74) is 0.997. The maximum atomic E-state index is 12.3. The topological polar surface area (TPSA) is 86.6 Å². The van der Waals surface area contributed by atoms with Gasteiger partial charge in [0.25, 0.3) is 0 Å². The van der Waals surface area contributed by atoms with E-state index in [4.69, 9.17) is 0 Å². The van der Waals surface area contributed by atoms with Crippen molar-refractivity contribution in [3.63, 3.8) is 0 Å². The van der Waals surface area contributed by atoms with Crippen molar-refractivity contribution in [3.05, 3.63) is 84.6 Å². The van der Waals surface area contributed by atoms with E-state index in [9.17, 15) is 19.8 Å². The van der Waals surface area contributed by atoms with Crippen LogP contribution < -0.4 is 5.32 Å². The van der Waals surface area contributed by atoms with Gasteiger partial charge in [-0.15, -0.1) is 0 Å². The van der Waals surface area contributed by atoms with Crippen LogP contribution in [0.25, 0.3) is 0 Å². The monoisotopic (exact) mass is 439 g/mol. The lowest BCUT2D eigenvalue weighted by Crippen LogP contribution is -2.35. The first kappa shape index (κ1) is 27.3. The van der Waals surface area contributed by atoms with Gasteiger partial charge in [-0.05, 0) is 26.2 Å². The van der Waals surface area contributed by atoms with E-state index >= 15 is 0 Å². The molecule has 3 N–H and O–H groups in total. The third-order valence-corrected chi connectivity index (χ3v) is 4.91. The van der Waals surface area contributed by atoms with Gasteiger partial charge >= 0.3 is 0 Å². The Balaban J connectivity index is 3.03. The second-order valence-electron chi connectivity index (χ2n) is 7.89. The standard InChI is InChI=1S/C27H37NO4/c1-4-5-6-7-17-23-18-11-8-14-21(2)15-9-12-19-24(29)27(32)26(31)22(3)16-10-13-20-25(30)28-23/h6-16,19-20,22-24,27,29,32H,4-5,17-18H2,1-3H3,(H,28,30)/b7-6+,11-8+,15-9+,16-10+,19-12-,20-13+,21-14+. The minimum Gasteiger partial charge on any atom is -0.386 e. The van der Waals surface area contributed by atoms with Gasteiger partial charge in [0.05, 0.1) is 0 Å². The molecule has 0 aromatic heterocycles. The van der Waals surface area contributed by atoms with E-state index in [1.807, 2.05) is 31.2 Å². The minimum absolute atomic E-state index is 0.0181. The quantitative estimate of drug-likeness (QED) is 0.571. The minimum atomic E-state index is -1.52. The zero-order valence-corrected chi connectivity index (χ0v) is 19.4. The van der Waals surface area contributed by atoms with E-state index in [1.165, 1.54) is 12.2 Å². The van der Waals surface area contributed by atoms with Gasteiger partial charge in [-0.2, -0.15) is 0 Å². The average molecular weight is 440 g/mol. The number of carbonyl (C=O) groups is 2. The van der Waals surface area contributed by atoms with Crippen LogP contribution in [-0.2, 0) is 9.59 Å². The molecule has 4 atom stereocenters. The SMILES string of the molecule is CCC/C=C/CC1C/C=C/C=C(C)/C=C/C=C\C(O)C(O)C(=O)C(C)/C=C/C=C/C(=O)N1. The molecule has 0 radical (unpaired) electrons. The first-order valence-electron chi connectivity index (χ1n) is 11.2. The van der Waals surface area contributed by atoms with Crippen molar-refractivity contribution in [2.75, 3.05) is 0 Å². The van der Waals surface area contributed by atoms with Crippen LogP contribution in [0.4, 0.5) is 0 Å². The fourth-order valence-corrected chi connectivity index (χ4v) is 2.92. The Kier molecular flexibility index (Phi) is 13.6. The largest absolute Gasteiger partial charge is 0.386 e. The van der Waals surface area contributed by atoms with E-state index in [0.717, 1.165) is 24.8 Å². The molecule has 32 heavy (non-hydrogen) atoms. The summed E-state index contributed by atoms with van der Waals surface area (Å²) in [6.07, 6.45) is 23.7. The Bertz CT molecular complexity index is 798. The zero-order chi connectivity index (χ0) is 23.8. The third kappa shape index (κ3) is 11.6. The van der Waals surface area contributed by atoms with Crippen molar-refractivity contribution in [1.29, 1.82) is 0 Å². The van der Waals surface area contributed by atoms with Gasteiger partial charge < -0.3 is 15.5 Å². The lowest BCUT2D eigenvalue weighted by atomic mass is 9.97. The summed E-state index contributed by atoms with van der Waals surface area (Å²) in [4.78, 5) is 24.6. The summed E-state index contributed by atoms with van der Waals surface area (Å²) in [5, 5.41) is 23.1. The molecule has 1 amide bonds. The lowest BCUT2D eigenvalue weighted by Gasteiger charge is -2.15. The number of hydrogen-bond donors (Lipinski definition) is 3. The van der Waals surface area contributed by atoms with Gasteiger partial charge in [0.15, 0.2) is 5.78 Å². The van der Waals surface area contributed by atoms with Crippen LogP contribution in [0.5, 0.6) is 0 Å². The smallest absolute Gasteiger partial charge is 0.244 e. The predicted molar refractivity (Wildman–Crippen MR) is 131 cm³/mol. The Morgan fingerprint density at radius 1 is 1.03 bits per heavy atom. The lowest BCUT2D eigenvalue weighted by molar-refractivity contribution is -0.133. The maximum Gasteiger partial charge on any atom is 0.244 e. The number of allylic oxidation sites excluding steroid dienone is 10. The van der Waals surface area contributed by atoms with E-state index in [-0.39, 0.29) is 11.9 Å². The highest BCUT2D eigenvalue weighted by atomic mass is 16.3. The number of carbonyl (C=O) groups excluding carboxylic acids is 2. The van der Waals surface area contributed by atoms with Gasteiger partial charge in [0.1, 0.15) is 12.2 Å². The van der Waals surface area contributed by atoms with Gasteiger partial charge in [-0.25, -0.2) is 0 Å². The van der Waals surface area contributed by atoms with Gasteiger partial charge in [0.2, 0.25) is 5.91 Å². The van der Waals surface area contributed by atoms with Crippen LogP contribution in [0, 0.1) is 5.92 Å². The predicted octanol–water partition coefficient (Wildman–Crippen LogP) is 4.28. The molecule has 1 rings (SSSR count). The number of amides is 1. The molecule has 0 bridgehead atoms. The Labute approximate surface area is 192 Å². The molecular weight excluding hydrogens is 402 g/mol. The van der Waals surface area contributed by atoms with Crippen molar-refractivity contribution in [2.45, 2.75) is 64.7 Å². The molecule has 4 unspecified atom stereocenters. The van der Waals surface area contributed by atoms with Crippen molar-refractivity contribution in [1.82, 2.24) is 5.32 Å². The van der Waals surface area contributed by atoms with E-state index in [0.29, 0.717) is 6.42 Å². The Morgan fingerprint density at radius 2 is 1.75 bits per heavy atom. The summed E-state index contributed by atoms with van der Waals surface area (Å²) >= 11 is 0. The molecule has 0 spiro atoms. The van der Waals surface area contributed by atoms with Gasteiger partial charge in [-0.1, -0.05) is 98.8 Å². The first-order chi connectivity index (χ1) is 15.3. The molecule has 0 saturated heterocycles. The van der Waals surface area contributed by atoms with Crippen LogP contribution in [0.15, 0.2) is 84.6 Å². The first-order valence-corrected chi connectivity index (χ1v) is 11.2. The number of aliphatic hydroxyl groups is 2. The molecule has 0 aromatic rings. The third-order valence-electron chi connectivity index (χ3n) is 4.91. The van der Waals surface area contributed by atoms with Gasteiger partial charge in [-0.3, -0.25) is 9.59 Å². The van der Waals surface area contributed by atoms with Gasteiger partial charge in [0, 0.05) is 18.0 Å². The average Bonchev–Trinajstić information content (AvgIpc) is 2.77. The summed E-state index contributed by atoms with van der Waals surface area (Å²) in [5.74, 6) is -1.30. The van der Waals surface area contributed by atoms with Crippen molar-refractivity contribution >= 4 is 11.7 Å². The fraction of sp³-hybridized carbons (Fsp3) is 0.407. The number of ketones is 1. The summed E-state index contributed by atoms with van der Waals surface area (Å²) in [6.45, 7) is 5.71. The molecule has 1 heterocycles. The van der Waals surface area contributed by atoms with E-state index in [1.54, 1.807) is 37.3 Å². The number of unbranched alkanes of at least 4 members (excludes halogenated alkanes) is 1. The summed E-state index contributed by atoms with van der Waals surface area (Å²) < 4.78 is 0. The van der Waals surface area contributed by atoms with Crippen LogP contribution in [0.3, 0.4) is 0 Å². The number of nitrogens with one attached hydrogen (secondary N) is 1. The normalized spacial score (nSPS) is 33.0. The molecule has 5 nitrogen and oxygen atoms in total. The number of aliphatic hydroxyl groups excluding tert-OH is 2. The van der Waals surface area contributed by atoms with E-state index < -0.39 is 23.9 Å². The zero-order valence-electron chi connectivity index (χ0n) is 19.4. The fourth-order valence-electron chi connectivity index (χ4n) is 2.92. The molecule has 0 fully saturated rings. The highest BCUT2D eigenvalue weighted by molar-refractivity contribution is 5.88. The Hall–Kier alpha value is -2.76. The molecule has 1 aliphatic rings. The second-order valence-corrected chi connectivity index (χ2v) is 7.89. The maximum absolute atomic E-state index is 12.3. The molecule has 1 aliphatic heterocycles. The van der Waals surface area contributed by atoms with Crippen LogP contribution in [0.2, 0.25) is 0 Å². The number of Topliss-reactive ketones (excluding diaryl/α,β-unsaturated/α-hetero) is 1. The van der Waals surface area contributed by atoms with E-state index in [2.05, 4.69) is 24.4 Å². The van der Waals surface area contributed by atoms with Crippen molar-refractivity contribution in [2.24, 2.45) is 5.92 Å². The molecule has 174 valence electrons. The van der Waals surface area contributed by atoms with Crippen LogP contribution in [-0.4, -0.2) is 40.2 Å².